The largest absolute Gasteiger partial charge is 0.328 e. The molecule has 1 fully saturated rings. The van der Waals surface area contributed by atoms with Crippen LogP contribution in [-0.2, 0) is 11.3 Å². The summed E-state index contributed by atoms with van der Waals surface area (Å²) in [5.74, 6) is 0.120. The Morgan fingerprint density at radius 3 is 2.38 bits per heavy atom. The molecule has 0 radical (unpaired) electrons. The van der Waals surface area contributed by atoms with Gasteiger partial charge >= 0.3 is 0 Å². The van der Waals surface area contributed by atoms with E-state index in [0.29, 0.717) is 0 Å². The van der Waals surface area contributed by atoms with Crippen LogP contribution in [0.5, 0.6) is 0 Å². The van der Waals surface area contributed by atoms with E-state index in [1.807, 2.05) is 23.1 Å². The van der Waals surface area contributed by atoms with Gasteiger partial charge in [0.15, 0.2) is 0 Å². The minimum atomic E-state index is 0.120. The van der Waals surface area contributed by atoms with Crippen molar-refractivity contribution >= 4 is 12.0 Å². The molecule has 0 aromatic heterocycles. The third-order valence-electron chi connectivity index (χ3n) is 4.57. The molecule has 0 saturated carbocycles. The summed E-state index contributed by atoms with van der Waals surface area (Å²) in [6.45, 7) is 6.80. The molecule has 2 aromatic rings. The number of benzene rings is 2. The van der Waals surface area contributed by atoms with E-state index in [2.05, 4.69) is 49.4 Å². The number of nitrogens with zero attached hydrogens (tertiary/aromatic N) is 1. The summed E-state index contributed by atoms with van der Waals surface area (Å²) in [6, 6.07) is 18.8. The molecule has 1 N–H and O–H groups in total. The van der Waals surface area contributed by atoms with Gasteiger partial charge < -0.3 is 9.80 Å². The highest BCUT2D eigenvalue weighted by atomic mass is 16.2. The van der Waals surface area contributed by atoms with Gasteiger partial charge in [-0.25, -0.2) is 0 Å². The third-order valence-corrected chi connectivity index (χ3v) is 4.57. The number of aryl methyl sites for hydroxylation is 1. The van der Waals surface area contributed by atoms with Crippen LogP contribution in [0.15, 0.2) is 60.7 Å². The predicted molar refractivity (Wildman–Crippen MR) is 97.6 cm³/mol. The van der Waals surface area contributed by atoms with Crippen molar-refractivity contribution in [3.63, 3.8) is 0 Å². The van der Waals surface area contributed by atoms with E-state index in [-0.39, 0.29) is 5.91 Å². The summed E-state index contributed by atoms with van der Waals surface area (Å²) in [6.07, 6.45) is 3.61. The molecule has 1 aliphatic heterocycles. The van der Waals surface area contributed by atoms with Gasteiger partial charge in [0.05, 0.1) is 26.2 Å². The lowest BCUT2D eigenvalue weighted by atomic mass is 10.1. The van der Waals surface area contributed by atoms with Gasteiger partial charge in [-0.2, -0.15) is 0 Å². The van der Waals surface area contributed by atoms with Crippen LogP contribution >= 0.6 is 0 Å². The Labute approximate surface area is 144 Å². The lowest BCUT2D eigenvalue weighted by Gasteiger charge is -2.31. The van der Waals surface area contributed by atoms with Crippen LogP contribution in [0.3, 0.4) is 0 Å². The van der Waals surface area contributed by atoms with Crippen molar-refractivity contribution < 1.29 is 9.69 Å². The summed E-state index contributed by atoms with van der Waals surface area (Å²) in [5, 5.41) is 0. The molecule has 0 atom stereocenters. The van der Waals surface area contributed by atoms with Crippen molar-refractivity contribution in [3.8, 4) is 0 Å². The number of quaternary nitrogens is 1. The molecule has 0 bridgehead atoms. The summed E-state index contributed by atoms with van der Waals surface area (Å²) < 4.78 is 0. The first kappa shape index (κ1) is 16.5. The molecule has 124 valence electrons. The highest BCUT2D eigenvalue weighted by Crippen LogP contribution is 2.06. The van der Waals surface area contributed by atoms with E-state index in [0.717, 1.165) is 38.3 Å². The quantitative estimate of drug-likeness (QED) is 0.855. The number of hydrogen-bond acceptors (Lipinski definition) is 1. The first-order valence-electron chi connectivity index (χ1n) is 8.62. The van der Waals surface area contributed by atoms with Crippen molar-refractivity contribution in [1.29, 1.82) is 0 Å². The van der Waals surface area contributed by atoms with Gasteiger partial charge in [0, 0.05) is 11.6 Å². The average Bonchev–Trinajstić information content (AvgIpc) is 2.62. The normalized spacial score (nSPS) is 15.8. The molecule has 24 heavy (non-hydrogen) atoms. The molecular weight excluding hydrogens is 296 g/mol. The summed E-state index contributed by atoms with van der Waals surface area (Å²) in [4.78, 5) is 15.8. The maximum absolute atomic E-state index is 12.3. The third kappa shape index (κ3) is 4.56. The Kier molecular flexibility index (Phi) is 5.44. The zero-order chi connectivity index (χ0) is 16.8. The average molecular weight is 321 g/mol. The summed E-state index contributed by atoms with van der Waals surface area (Å²) in [5.41, 5.74) is 3.67. The van der Waals surface area contributed by atoms with E-state index in [1.54, 1.807) is 11.0 Å². The van der Waals surface area contributed by atoms with E-state index in [1.165, 1.54) is 11.1 Å². The minimum absolute atomic E-state index is 0.120. The van der Waals surface area contributed by atoms with Gasteiger partial charge in [0.2, 0.25) is 5.91 Å². The van der Waals surface area contributed by atoms with E-state index < -0.39 is 0 Å². The van der Waals surface area contributed by atoms with Gasteiger partial charge in [0.25, 0.3) is 0 Å². The maximum Gasteiger partial charge on any atom is 0.246 e. The topological polar surface area (TPSA) is 24.8 Å². The number of piperazine rings is 1. The SMILES string of the molecule is Cc1ccc(C=CC(=O)N2CC[NH+](Cc3ccccc3)CC2)cc1. The zero-order valence-electron chi connectivity index (χ0n) is 14.2. The van der Waals surface area contributed by atoms with Crippen LogP contribution in [0.1, 0.15) is 16.7 Å². The van der Waals surface area contributed by atoms with Crippen LogP contribution in [0.4, 0.5) is 0 Å². The minimum Gasteiger partial charge on any atom is -0.328 e. The maximum atomic E-state index is 12.3. The number of rotatable bonds is 4. The van der Waals surface area contributed by atoms with Crippen molar-refractivity contribution in [2.24, 2.45) is 0 Å². The number of carbonyl (C=O) groups excluding carboxylic acids is 1. The fourth-order valence-corrected chi connectivity index (χ4v) is 3.06. The van der Waals surface area contributed by atoms with Gasteiger partial charge in [-0.05, 0) is 18.6 Å². The Morgan fingerprint density at radius 2 is 1.71 bits per heavy atom. The predicted octanol–water partition coefficient (Wildman–Crippen LogP) is 1.94. The van der Waals surface area contributed by atoms with Crippen molar-refractivity contribution in [2.75, 3.05) is 26.2 Å². The number of amides is 1. The van der Waals surface area contributed by atoms with Crippen molar-refractivity contribution in [3.05, 3.63) is 77.4 Å². The Bertz CT molecular complexity index is 684. The van der Waals surface area contributed by atoms with E-state index in [4.69, 9.17) is 0 Å². The van der Waals surface area contributed by atoms with Crippen LogP contribution in [0, 0.1) is 6.92 Å². The number of nitrogens with one attached hydrogen (secondary N) is 1. The Hall–Kier alpha value is -2.39. The fourth-order valence-electron chi connectivity index (χ4n) is 3.06. The molecular formula is C21H25N2O+. The highest BCUT2D eigenvalue weighted by Gasteiger charge is 2.22. The van der Waals surface area contributed by atoms with Crippen LogP contribution in [0.2, 0.25) is 0 Å². The molecule has 2 aromatic carbocycles. The second-order valence-electron chi connectivity index (χ2n) is 6.48. The second-order valence-corrected chi connectivity index (χ2v) is 6.48. The highest BCUT2D eigenvalue weighted by molar-refractivity contribution is 5.91. The molecule has 1 amide bonds. The lowest BCUT2D eigenvalue weighted by molar-refractivity contribution is -0.917. The Morgan fingerprint density at radius 1 is 1.04 bits per heavy atom. The van der Waals surface area contributed by atoms with Crippen LogP contribution < -0.4 is 4.90 Å². The van der Waals surface area contributed by atoms with Crippen LogP contribution in [0.25, 0.3) is 6.08 Å². The molecule has 1 saturated heterocycles. The van der Waals surface area contributed by atoms with Crippen molar-refractivity contribution in [2.45, 2.75) is 13.5 Å². The standard InChI is InChI=1S/C21H24N2O/c1-18-7-9-19(10-8-18)11-12-21(24)23-15-13-22(14-16-23)17-20-5-3-2-4-6-20/h2-12H,13-17H2,1H3/p+1. The molecule has 1 heterocycles. The molecule has 0 aliphatic carbocycles. The van der Waals surface area contributed by atoms with Gasteiger partial charge in [-0.1, -0.05) is 60.2 Å². The first-order chi connectivity index (χ1) is 11.7. The first-order valence-corrected chi connectivity index (χ1v) is 8.62. The summed E-state index contributed by atoms with van der Waals surface area (Å²) in [7, 11) is 0. The Balaban J connectivity index is 1.49. The van der Waals surface area contributed by atoms with Gasteiger partial charge in [-0.3, -0.25) is 4.79 Å². The smallest absolute Gasteiger partial charge is 0.246 e. The molecule has 3 rings (SSSR count). The summed E-state index contributed by atoms with van der Waals surface area (Å²) >= 11 is 0. The zero-order valence-corrected chi connectivity index (χ0v) is 14.2. The molecule has 0 unspecified atom stereocenters. The number of carbonyl (C=O) groups is 1. The van der Waals surface area contributed by atoms with Gasteiger partial charge in [0.1, 0.15) is 6.54 Å². The van der Waals surface area contributed by atoms with E-state index >= 15 is 0 Å². The number of hydrogen-bond donors (Lipinski definition) is 1. The molecule has 0 spiro atoms. The van der Waals surface area contributed by atoms with E-state index in [9.17, 15) is 4.79 Å². The lowest BCUT2D eigenvalue weighted by Crippen LogP contribution is -3.13. The molecule has 3 heteroatoms. The monoisotopic (exact) mass is 321 g/mol. The van der Waals surface area contributed by atoms with Gasteiger partial charge in [-0.15, -0.1) is 0 Å². The molecule has 1 aliphatic rings. The van der Waals surface area contributed by atoms with Crippen LogP contribution in [-0.4, -0.2) is 37.0 Å². The van der Waals surface area contributed by atoms with Crippen molar-refractivity contribution in [1.82, 2.24) is 4.90 Å². The molecule has 3 nitrogen and oxygen atoms in total. The fraction of sp³-hybridized carbons (Fsp3) is 0.286. The second kappa shape index (κ2) is 7.93.